The van der Waals surface area contributed by atoms with Crippen LogP contribution >= 0.6 is 15.9 Å². The molecule has 1 aromatic rings. The maximum Gasteiger partial charge on any atom is 0.160 e. The van der Waals surface area contributed by atoms with Crippen LogP contribution in [0.5, 0.6) is 0 Å². The molecule has 0 heterocycles. The fourth-order valence-electron chi connectivity index (χ4n) is 1.20. The quantitative estimate of drug-likeness (QED) is 0.753. The van der Waals surface area contributed by atoms with E-state index in [1.54, 1.807) is 6.08 Å². The lowest BCUT2D eigenvalue weighted by molar-refractivity contribution is -0.114. The SMILES string of the molecule is CC(C)=CC(=O)Cc1ccccc1Br. The van der Waals surface area contributed by atoms with Gasteiger partial charge in [0.25, 0.3) is 0 Å². The summed E-state index contributed by atoms with van der Waals surface area (Å²) in [6.45, 7) is 3.86. The minimum Gasteiger partial charge on any atom is -0.294 e. The van der Waals surface area contributed by atoms with Gasteiger partial charge in [-0.05, 0) is 31.6 Å². The van der Waals surface area contributed by atoms with Crippen LogP contribution in [-0.4, -0.2) is 5.78 Å². The molecule has 0 fully saturated rings. The molecule has 0 atom stereocenters. The van der Waals surface area contributed by atoms with Crippen LogP contribution in [-0.2, 0) is 11.2 Å². The van der Waals surface area contributed by atoms with Crippen LogP contribution in [0.3, 0.4) is 0 Å². The molecule has 0 aliphatic heterocycles. The monoisotopic (exact) mass is 252 g/mol. The van der Waals surface area contributed by atoms with Gasteiger partial charge in [0, 0.05) is 10.9 Å². The molecule has 2 heteroatoms. The first-order chi connectivity index (χ1) is 6.59. The number of carbonyl (C=O) groups is 1. The highest BCUT2D eigenvalue weighted by Gasteiger charge is 2.03. The Morgan fingerprint density at radius 1 is 1.36 bits per heavy atom. The second-order valence-corrected chi connectivity index (χ2v) is 4.31. The Morgan fingerprint density at radius 3 is 2.57 bits per heavy atom. The third-order valence-electron chi connectivity index (χ3n) is 1.77. The van der Waals surface area contributed by atoms with Crippen LogP contribution in [0.15, 0.2) is 40.4 Å². The third-order valence-corrected chi connectivity index (χ3v) is 2.55. The maximum atomic E-state index is 11.5. The van der Waals surface area contributed by atoms with Crippen molar-refractivity contribution in [2.24, 2.45) is 0 Å². The Hall–Kier alpha value is -0.890. The molecule has 0 aromatic heterocycles. The summed E-state index contributed by atoms with van der Waals surface area (Å²) in [6.07, 6.45) is 2.14. The number of hydrogen-bond acceptors (Lipinski definition) is 1. The molecule has 1 rings (SSSR count). The summed E-state index contributed by atoms with van der Waals surface area (Å²) in [7, 11) is 0. The Bertz CT molecular complexity index is 362. The molecule has 1 aromatic carbocycles. The van der Waals surface area contributed by atoms with Crippen molar-refractivity contribution in [2.75, 3.05) is 0 Å². The molecule has 1 nitrogen and oxygen atoms in total. The van der Waals surface area contributed by atoms with Crippen LogP contribution < -0.4 is 0 Å². The van der Waals surface area contributed by atoms with Gasteiger partial charge in [0.15, 0.2) is 5.78 Å². The summed E-state index contributed by atoms with van der Waals surface area (Å²) in [5.41, 5.74) is 2.08. The summed E-state index contributed by atoms with van der Waals surface area (Å²) < 4.78 is 0.996. The second-order valence-electron chi connectivity index (χ2n) is 3.46. The van der Waals surface area contributed by atoms with Crippen LogP contribution in [0.1, 0.15) is 19.4 Å². The fraction of sp³-hybridized carbons (Fsp3) is 0.250. The van der Waals surface area contributed by atoms with Gasteiger partial charge in [-0.1, -0.05) is 39.7 Å². The molecular weight excluding hydrogens is 240 g/mol. The first kappa shape index (κ1) is 11.2. The zero-order valence-corrected chi connectivity index (χ0v) is 9.97. The maximum absolute atomic E-state index is 11.5. The molecule has 0 bridgehead atoms. The highest BCUT2D eigenvalue weighted by molar-refractivity contribution is 9.10. The smallest absolute Gasteiger partial charge is 0.160 e. The Labute approximate surface area is 93.0 Å². The normalized spacial score (nSPS) is 9.64. The van der Waals surface area contributed by atoms with Crippen molar-refractivity contribution in [3.63, 3.8) is 0 Å². The average molecular weight is 253 g/mol. The van der Waals surface area contributed by atoms with Gasteiger partial charge in [0.05, 0.1) is 0 Å². The molecule has 0 saturated heterocycles. The number of rotatable bonds is 3. The van der Waals surface area contributed by atoms with Crippen molar-refractivity contribution in [1.82, 2.24) is 0 Å². The van der Waals surface area contributed by atoms with Gasteiger partial charge in [-0.25, -0.2) is 0 Å². The molecule has 0 spiro atoms. The van der Waals surface area contributed by atoms with Gasteiger partial charge >= 0.3 is 0 Å². The number of carbonyl (C=O) groups excluding carboxylic acids is 1. The third kappa shape index (κ3) is 3.46. The van der Waals surface area contributed by atoms with Crippen molar-refractivity contribution >= 4 is 21.7 Å². The van der Waals surface area contributed by atoms with Crippen LogP contribution in [0.25, 0.3) is 0 Å². The lowest BCUT2D eigenvalue weighted by Gasteiger charge is -2.00. The average Bonchev–Trinajstić information content (AvgIpc) is 2.07. The molecule has 0 unspecified atom stereocenters. The predicted octanol–water partition coefficient (Wildman–Crippen LogP) is 3.53. The molecule has 14 heavy (non-hydrogen) atoms. The zero-order valence-electron chi connectivity index (χ0n) is 8.38. The predicted molar refractivity (Wildman–Crippen MR) is 62.3 cm³/mol. The molecule has 0 saturated carbocycles. The first-order valence-electron chi connectivity index (χ1n) is 4.50. The van der Waals surface area contributed by atoms with E-state index in [9.17, 15) is 4.79 Å². The molecule has 0 aliphatic rings. The van der Waals surface area contributed by atoms with E-state index in [0.29, 0.717) is 6.42 Å². The lowest BCUT2D eigenvalue weighted by atomic mass is 10.1. The second kappa shape index (κ2) is 5.11. The Morgan fingerprint density at radius 2 is 2.00 bits per heavy atom. The number of ketones is 1. The largest absolute Gasteiger partial charge is 0.294 e. The number of allylic oxidation sites excluding steroid dienone is 2. The minimum atomic E-state index is 0.150. The van der Waals surface area contributed by atoms with E-state index >= 15 is 0 Å². The molecule has 0 N–H and O–H groups in total. The van der Waals surface area contributed by atoms with Crippen molar-refractivity contribution in [3.05, 3.63) is 46.0 Å². The highest BCUT2D eigenvalue weighted by atomic mass is 79.9. The molecular formula is C12H13BrO. The van der Waals surface area contributed by atoms with E-state index in [1.165, 1.54) is 0 Å². The van der Waals surface area contributed by atoms with Crippen molar-refractivity contribution in [2.45, 2.75) is 20.3 Å². The van der Waals surface area contributed by atoms with Gasteiger partial charge in [-0.2, -0.15) is 0 Å². The van der Waals surface area contributed by atoms with Crippen LogP contribution in [0.4, 0.5) is 0 Å². The van der Waals surface area contributed by atoms with Crippen molar-refractivity contribution in [3.8, 4) is 0 Å². The van der Waals surface area contributed by atoms with E-state index in [4.69, 9.17) is 0 Å². The molecule has 0 radical (unpaired) electrons. The Balaban J connectivity index is 2.75. The number of benzene rings is 1. The topological polar surface area (TPSA) is 17.1 Å². The lowest BCUT2D eigenvalue weighted by Crippen LogP contribution is -1.99. The number of halogens is 1. The minimum absolute atomic E-state index is 0.150. The summed E-state index contributed by atoms with van der Waals surface area (Å²) in [5.74, 6) is 0.150. The van der Waals surface area contributed by atoms with Gasteiger partial charge in [-0.15, -0.1) is 0 Å². The molecule has 74 valence electrons. The summed E-state index contributed by atoms with van der Waals surface area (Å²) in [4.78, 5) is 11.5. The van der Waals surface area contributed by atoms with Gasteiger partial charge in [-0.3, -0.25) is 4.79 Å². The summed E-state index contributed by atoms with van der Waals surface area (Å²) in [6, 6.07) is 7.79. The fourth-order valence-corrected chi connectivity index (χ4v) is 1.63. The summed E-state index contributed by atoms with van der Waals surface area (Å²) in [5, 5.41) is 0. The van der Waals surface area contributed by atoms with E-state index in [0.717, 1.165) is 15.6 Å². The van der Waals surface area contributed by atoms with Gasteiger partial charge in [0.1, 0.15) is 0 Å². The number of hydrogen-bond donors (Lipinski definition) is 0. The van der Waals surface area contributed by atoms with E-state index in [-0.39, 0.29) is 5.78 Å². The van der Waals surface area contributed by atoms with E-state index in [2.05, 4.69) is 15.9 Å². The van der Waals surface area contributed by atoms with Crippen LogP contribution in [0, 0.1) is 0 Å². The van der Waals surface area contributed by atoms with E-state index < -0.39 is 0 Å². The van der Waals surface area contributed by atoms with Crippen LogP contribution in [0.2, 0.25) is 0 Å². The van der Waals surface area contributed by atoms with Gasteiger partial charge < -0.3 is 0 Å². The standard InChI is InChI=1S/C12H13BrO/c1-9(2)7-11(14)8-10-5-3-4-6-12(10)13/h3-7H,8H2,1-2H3. The first-order valence-corrected chi connectivity index (χ1v) is 5.30. The molecule has 0 amide bonds. The van der Waals surface area contributed by atoms with E-state index in [1.807, 2.05) is 38.1 Å². The van der Waals surface area contributed by atoms with Gasteiger partial charge in [0.2, 0.25) is 0 Å². The Kier molecular flexibility index (Phi) is 4.08. The molecule has 0 aliphatic carbocycles. The van der Waals surface area contributed by atoms with Crippen molar-refractivity contribution in [1.29, 1.82) is 0 Å². The highest BCUT2D eigenvalue weighted by Crippen LogP contribution is 2.16. The van der Waals surface area contributed by atoms with Crippen molar-refractivity contribution < 1.29 is 4.79 Å². The zero-order chi connectivity index (χ0) is 10.6. The summed E-state index contributed by atoms with van der Waals surface area (Å²) >= 11 is 3.42.